The zero-order chi connectivity index (χ0) is 12.7. The highest BCUT2D eigenvalue weighted by Crippen LogP contribution is 2.32. The first-order chi connectivity index (χ1) is 8.70. The van der Waals surface area contributed by atoms with Gasteiger partial charge in [-0.05, 0) is 24.0 Å². The molecule has 0 radical (unpaired) electrons. The third-order valence-electron chi connectivity index (χ3n) is 3.85. The predicted octanol–water partition coefficient (Wildman–Crippen LogP) is 3.80. The highest BCUT2D eigenvalue weighted by Gasteiger charge is 2.19. The van der Waals surface area contributed by atoms with E-state index in [1.54, 1.807) is 0 Å². The number of ether oxygens (including phenoxy) is 1. The van der Waals surface area contributed by atoms with E-state index in [0.29, 0.717) is 17.7 Å². The number of nitrogens with one attached hydrogen (secondary N) is 1. The van der Waals surface area contributed by atoms with Crippen LogP contribution < -0.4 is 0 Å². The molecule has 0 aliphatic carbocycles. The molecule has 0 amide bonds. The lowest BCUT2D eigenvalue weighted by Gasteiger charge is -2.13. The summed E-state index contributed by atoms with van der Waals surface area (Å²) in [4.78, 5) is 7.87. The van der Waals surface area contributed by atoms with Crippen LogP contribution >= 0.6 is 11.6 Å². The number of nitrogens with zero attached hydrogens (tertiary/aromatic N) is 1. The monoisotopic (exact) mass is 264 g/mol. The van der Waals surface area contributed by atoms with Gasteiger partial charge in [-0.15, -0.1) is 0 Å². The number of fused-ring (bicyclic) bond motifs is 3. The normalized spacial score (nSPS) is 16.8. The van der Waals surface area contributed by atoms with Gasteiger partial charge in [0.1, 0.15) is 10.8 Å². The molecular weight excluding hydrogens is 248 g/mol. The van der Waals surface area contributed by atoms with Crippen LogP contribution in [0, 0.1) is 0 Å². The molecule has 18 heavy (non-hydrogen) atoms. The average molecular weight is 265 g/mol. The van der Waals surface area contributed by atoms with E-state index in [2.05, 4.69) is 29.9 Å². The van der Waals surface area contributed by atoms with Crippen molar-refractivity contribution in [2.24, 2.45) is 0 Å². The van der Waals surface area contributed by atoms with Crippen molar-refractivity contribution in [2.75, 3.05) is 6.61 Å². The first-order valence-corrected chi connectivity index (χ1v) is 6.86. The van der Waals surface area contributed by atoms with Crippen LogP contribution in [-0.4, -0.2) is 16.6 Å². The maximum Gasteiger partial charge on any atom is 0.139 e. The molecule has 0 spiro atoms. The van der Waals surface area contributed by atoms with Gasteiger partial charge < -0.3 is 9.72 Å². The van der Waals surface area contributed by atoms with Crippen LogP contribution in [0.2, 0.25) is 5.15 Å². The van der Waals surface area contributed by atoms with Crippen LogP contribution in [-0.2, 0) is 17.8 Å². The van der Waals surface area contributed by atoms with Gasteiger partial charge in [0.2, 0.25) is 0 Å². The number of hydrogen-bond donors (Lipinski definition) is 1. The molecule has 3 heterocycles. The molecule has 0 aromatic carbocycles. The number of aromatic amines is 1. The number of H-pyrrole nitrogens is 1. The Bertz CT molecular complexity index is 591. The molecule has 0 saturated carbocycles. The quantitative estimate of drug-likeness (QED) is 0.838. The molecule has 1 aliphatic heterocycles. The molecule has 1 aliphatic rings. The molecule has 1 unspecified atom stereocenters. The van der Waals surface area contributed by atoms with Crippen molar-refractivity contribution in [1.82, 2.24) is 9.97 Å². The lowest BCUT2D eigenvalue weighted by molar-refractivity contribution is 0.111. The number of aromatic nitrogens is 2. The smallest absolute Gasteiger partial charge is 0.139 e. The third-order valence-corrected chi connectivity index (χ3v) is 4.15. The largest absolute Gasteiger partial charge is 0.376 e. The molecule has 4 heteroatoms. The first kappa shape index (κ1) is 12.0. The Balaban J connectivity index is 2.20. The van der Waals surface area contributed by atoms with E-state index in [1.807, 2.05) is 0 Å². The Hall–Kier alpha value is -1.06. The molecule has 3 rings (SSSR count). The van der Waals surface area contributed by atoms with Crippen LogP contribution in [0.5, 0.6) is 0 Å². The van der Waals surface area contributed by atoms with Crippen LogP contribution in [0.15, 0.2) is 6.07 Å². The fraction of sp³-hybridized carbons (Fsp3) is 0.500. The standard InChI is InChI=1S/C14H17ClN2O/c1-3-8(2)9-6-10-11-7-18-5-4-12(11)16-14(10)17-13(9)15/h6,8H,3-5,7H2,1-2H3,(H,16,17). The Kier molecular flexibility index (Phi) is 3.04. The summed E-state index contributed by atoms with van der Waals surface area (Å²) in [5.41, 5.74) is 4.53. The van der Waals surface area contributed by atoms with Gasteiger partial charge in [0, 0.05) is 23.1 Å². The minimum absolute atomic E-state index is 0.435. The average Bonchev–Trinajstić information content (AvgIpc) is 2.74. The highest BCUT2D eigenvalue weighted by molar-refractivity contribution is 6.30. The lowest BCUT2D eigenvalue weighted by Crippen LogP contribution is -2.08. The van der Waals surface area contributed by atoms with Crippen LogP contribution in [0.3, 0.4) is 0 Å². The molecular formula is C14H17ClN2O. The molecule has 0 bridgehead atoms. The molecule has 0 fully saturated rings. The molecule has 96 valence electrons. The summed E-state index contributed by atoms with van der Waals surface area (Å²) < 4.78 is 5.54. The molecule has 1 atom stereocenters. The Morgan fingerprint density at radius 2 is 2.39 bits per heavy atom. The fourth-order valence-electron chi connectivity index (χ4n) is 2.50. The van der Waals surface area contributed by atoms with Crippen molar-refractivity contribution in [1.29, 1.82) is 0 Å². The van der Waals surface area contributed by atoms with Gasteiger partial charge in [0.25, 0.3) is 0 Å². The maximum absolute atomic E-state index is 6.28. The summed E-state index contributed by atoms with van der Waals surface area (Å²) in [7, 11) is 0. The van der Waals surface area contributed by atoms with Crippen molar-refractivity contribution >= 4 is 22.6 Å². The van der Waals surface area contributed by atoms with Gasteiger partial charge in [-0.2, -0.15) is 0 Å². The minimum Gasteiger partial charge on any atom is -0.376 e. The fourth-order valence-corrected chi connectivity index (χ4v) is 2.83. The molecule has 2 aromatic heterocycles. The summed E-state index contributed by atoms with van der Waals surface area (Å²) in [6.07, 6.45) is 2.00. The second-order valence-electron chi connectivity index (χ2n) is 4.96. The molecule has 2 aromatic rings. The molecule has 0 saturated heterocycles. The van der Waals surface area contributed by atoms with Crippen molar-refractivity contribution < 1.29 is 4.74 Å². The van der Waals surface area contributed by atoms with Crippen molar-refractivity contribution in [3.05, 3.63) is 28.0 Å². The Morgan fingerprint density at radius 3 is 3.17 bits per heavy atom. The van der Waals surface area contributed by atoms with Crippen molar-refractivity contribution in [2.45, 2.75) is 39.2 Å². The minimum atomic E-state index is 0.435. The molecule has 1 N–H and O–H groups in total. The summed E-state index contributed by atoms with van der Waals surface area (Å²) in [5.74, 6) is 0.435. The van der Waals surface area contributed by atoms with Crippen LogP contribution in [0.4, 0.5) is 0 Å². The Morgan fingerprint density at radius 1 is 1.56 bits per heavy atom. The summed E-state index contributed by atoms with van der Waals surface area (Å²) in [5, 5.41) is 1.79. The van der Waals surface area contributed by atoms with E-state index in [4.69, 9.17) is 16.3 Å². The van der Waals surface area contributed by atoms with E-state index in [0.717, 1.165) is 30.7 Å². The first-order valence-electron chi connectivity index (χ1n) is 6.48. The van der Waals surface area contributed by atoms with E-state index in [9.17, 15) is 0 Å². The second kappa shape index (κ2) is 4.56. The zero-order valence-corrected chi connectivity index (χ0v) is 11.5. The van der Waals surface area contributed by atoms with Crippen molar-refractivity contribution in [3.8, 4) is 0 Å². The summed E-state index contributed by atoms with van der Waals surface area (Å²) in [6.45, 7) is 5.82. The summed E-state index contributed by atoms with van der Waals surface area (Å²) >= 11 is 6.28. The van der Waals surface area contributed by atoms with E-state index in [-0.39, 0.29) is 0 Å². The summed E-state index contributed by atoms with van der Waals surface area (Å²) in [6, 6.07) is 2.18. The maximum atomic E-state index is 6.28. The Labute approximate surface area is 112 Å². The lowest BCUT2D eigenvalue weighted by atomic mass is 9.98. The second-order valence-corrected chi connectivity index (χ2v) is 5.32. The number of pyridine rings is 1. The third kappa shape index (κ3) is 1.82. The van der Waals surface area contributed by atoms with Crippen LogP contribution in [0.1, 0.15) is 43.0 Å². The van der Waals surface area contributed by atoms with Gasteiger partial charge in [0.05, 0.1) is 13.2 Å². The van der Waals surface area contributed by atoms with Gasteiger partial charge >= 0.3 is 0 Å². The van der Waals surface area contributed by atoms with Gasteiger partial charge in [-0.3, -0.25) is 0 Å². The number of hydrogen-bond acceptors (Lipinski definition) is 2. The predicted molar refractivity (Wildman–Crippen MR) is 73.2 cm³/mol. The highest BCUT2D eigenvalue weighted by atomic mass is 35.5. The van der Waals surface area contributed by atoms with Gasteiger partial charge in [0.15, 0.2) is 0 Å². The van der Waals surface area contributed by atoms with E-state index >= 15 is 0 Å². The number of halogens is 1. The van der Waals surface area contributed by atoms with Crippen molar-refractivity contribution in [3.63, 3.8) is 0 Å². The number of rotatable bonds is 2. The van der Waals surface area contributed by atoms with Gasteiger partial charge in [-0.25, -0.2) is 4.98 Å². The van der Waals surface area contributed by atoms with E-state index < -0.39 is 0 Å². The topological polar surface area (TPSA) is 37.9 Å². The van der Waals surface area contributed by atoms with Crippen LogP contribution in [0.25, 0.3) is 11.0 Å². The molecule has 3 nitrogen and oxygen atoms in total. The zero-order valence-electron chi connectivity index (χ0n) is 10.7. The van der Waals surface area contributed by atoms with Gasteiger partial charge in [-0.1, -0.05) is 25.4 Å². The van der Waals surface area contributed by atoms with E-state index in [1.165, 1.54) is 16.6 Å². The SMILES string of the molecule is CCC(C)c1cc2c3c([nH]c2nc1Cl)CCOC3.